The fraction of sp³-hybridized carbons (Fsp3) is 0.412. The molecule has 0 fully saturated rings. The van der Waals surface area contributed by atoms with Gasteiger partial charge in [0.25, 0.3) is 0 Å². The Kier molecular flexibility index (Phi) is 4.38. The molecule has 1 aromatic carbocycles. The number of carbonyl (C=O) groups is 1. The van der Waals surface area contributed by atoms with E-state index in [2.05, 4.69) is 26.4 Å². The SMILES string of the molecule is C#CCCC1(CCC(=O)NCCn2cnc3ccccc32)N=N1. The lowest BCUT2D eigenvalue weighted by Gasteiger charge is -2.09. The van der Waals surface area contributed by atoms with Crippen molar-refractivity contribution in [2.75, 3.05) is 6.54 Å². The number of terminal acetylenes is 1. The van der Waals surface area contributed by atoms with Crippen molar-refractivity contribution in [3.63, 3.8) is 0 Å². The fourth-order valence-corrected chi connectivity index (χ4v) is 2.57. The van der Waals surface area contributed by atoms with Crippen LogP contribution in [0.2, 0.25) is 0 Å². The number of hydrogen-bond donors (Lipinski definition) is 1. The zero-order chi connectivity index (χ0) is 16.1. The average molecular weight is 309 g/mol. The van der Waals surface area contributed by atoms with Gasteiger partial charge >= 0.3 is 0 Å². The highest BCUT2D eigenvalue weighted by atomic mass is 16.1. The molecule has 0 spiro atoms. The zero-order valence-electron chi connectivity index (χ0n) is 12.9. The number of nitrogens with zero attached hydrogens (tertiary/aromatic N) is 4. The minimum Gasteiger partial charge on any atom is -0.354 e. The molecule has 1 aliphatic heterocycles. The number of nitrogens with one attached hydrogen (secondary N) is 1. The van der Waals surface area contributed by atoms with Crippen LogP contribution in [0.25, 0.3) is 11.0 Å². The number of rotatable bonds is 8. The summed E-state index contributed by atoms with van der Waals surface area (Å²) in [6, 6.07) is 7.95. The van der Waals surface area contributed by atoms with E-state index in [0.29, 0.717) is 32.4 Å². The highest BCUT2D eigenvalue weighted by molar-refractivity contribution is 5.76. The van der Waals surface area contributed by atoms with Crippen molar-refractivity contribution in [3.8, 4) is 12.3 Å². The second-order valence-corrected chi connectivity index (χ2v) is 5.66. The standard InChI is InChI=1S/C17H19N5O/c1-2-3-9-17(20-21-17)10-8-16(23)18-11-12-22-13-19-14-6-4-5-7-15(14)22/h1,4-7,13H,3,8-12H2,(H,18,23). The smallest absolute Gasteiger partial charge is 0.220 e. The molecule has 6 heteroatoms. The Bertz CT molecular complexity index is 765. The van der Waals surface area contributed by atoms with E-state index in [1.54, 1.807) is 6.33 Å². The van der Waals surface area contributed by atoms with Crippen LogP contribution in [0.1, 0.15) is 25.7 Å². The Morgan fingerprint density at radius 1 is 1.30 bits per heavy atom. The van der Waals surface area contributed by atoms with Crippen LogP contribution in [0, 0.1) is 12.3 Å². The second-order valence-electron chi connectivity index (χ2n) is 5.66. The maximum Gasteiger partial charge on any atom is 0.220 e. The van der Waals surface area contributed by atoms with Crippen LogP contribution in [0.4, 0.5) is 0 Å². The molecular weight excluding hydrogens is 290 g/mol. The predicted molar refractivity (Wildman–Crippen MR) is 87.6 cm³/mol. The summed E-state index contributed by atoms with van der Waals surface area (Å²) in [4.78, 5) is 16.3. The first-order valence-electron chi connectivity index (χ1n) is 7.76. The van der Waals surface area contributed by atoms with E-state index in [4.69, 9.17) is 6.42 Å². The van der Waals surface area contributed by atoms with Gasteiger partial charge in [0, 0.05) is 38.8 Å². The Labute approximate surface area is 135 Å². The molecule has 23 heavy (non-hydrogen) atoms. The van der Waals surface area contributed by atoms with Gasteiger partial charge in [0.05, 0.1) is 17.4 Å². The molecule has 1 aromatic heterocycles. The van der Waals surface area contributed by atoms with Crippen LogP contribution in [0.5, 0.6) is 0 Å². The molecule has 0 radical (unpaired) electrons. The van der Waals surface area contributed by atoms with Crippen molar-refractivity contribution >= 4 is 16.9 Å². The van der Waals surface area contributed by atoms with Gasteiger partial charge in [0.2, 0.25) is 5.91 Å². The van der Waals surface area contributed by atoms with Crippen LogP contribution in [0.15, 0.2) is 40.8 Å². The van der Waals surface area contributed by atoms with Gasteiger partial charge in [0.15, 0.2) is 5.66 Å². The number of aromatic nitrogens is 2. The molecule has 1 N–H and O–H groups in total. The summed E-state index contributed by atoms with van der Waals surface area (Å²) in [5.41, 5.74) is 1.65. The van der Waals surface area contributed by atoms with Gasteiger partial charge in [-0.15, -0.1) is 12.3 Å². The van der Waals surface area contributed by atoms with Crippen LogP contribution in [-0.4, -0.2) is 27.7 Å². The largest absolute Gasteiger partial charge is 0.354 e. The van der Waals surface area contributed by atoms with E-state index in [-0.39, 0.29) is 11.6 Å². The first-order chi connectivity index (χ1) is 11.2. The molecule has 2 aromatic rings. The number of benzene rings is 1. The van der Waals surface area contributed by atoms with Crippen molar-refractivity contribution in [2.24, 2.45) is 10.2 Å². The van der Waals surface area contributed by atoms with Gasteiger partial charge in [-0.25, -0.2) is 4.98 Å². The topological polar surface area (TPSA) is 71.6 Å². The zero-order valence-corrected chi connectivity index (χ0v) is 12.9. The molecule has 6 nitrogen and oxygen atoms in total. The third-order valence-corrected chi connectivity index (χ3v) is 4.01. The summed E-state index contributed by atoms with van der Waals surface area (Å²) < 4.78 is 2.04. The highest BCUT2D eigenvalue weighted by Gasteiger charge is 2.39. The van der Waals surface area contributed by atoms with E-state index in [1.807, 2.05) is 28.8 Å². The van der Waals surface area contributed by atoms with Crippen molar-refractivity contribution < 1.29 is 4.79 Å². The van der Waals surface area contributed by atoms with E-state index in [9.17, 15) is 4.79 Å². The molecule has 2 heterocycles. The Hall–Kier alpha value is -2.68. The molecule has 1 amide bonds. The third-order valence-electron chi connectivity index (χ3n) is 4.01. The number of carbonyl (C=O) groups excluding carboxylic acids is 1. The van der Waals surface area contributed by atoms with E-state index >= 15 is 0 Å². The third kappa shape index (κ3) is 3.75. The number of hydrogen-bond acceptors (Lipinski definition) is 4. The molecule has 0 saturated carbocycles. The lowest BCUT2D eigenvalue weighted by atomic mass is 10.0. The quantitative estimate of drug-likeness (QED) is 0.761. The van der Waals surface area contributed by atoms with Gasteiger partial charge in [0.1, 0.15) is 0 Å². The van der Waals surface area contributed by atoms with Crippen LogP contribution < -0.4 is 5.32 Å². The maximum absolute atomic E-state index is 11.9. The molecule has 0 atom stereocenters. The lowest BCUT2D eigenvalue weighted by molar-refractivity contribution is -0.121. The molecule has 0 saturated heterocycles. The summed E-state index contributed by atoms with van der Waals surface area (Å²) in [5.74, 6) is 2.61. The van der Waals surface area contributed by atoms with Gasteiger partial charge in [-0.1, -0.05) is 12.1 Å². The number of imidazole rings is 1. The molecular formula is C17H19N5O. The minimum atomic E-state index is -0.385. The second kappa shape index (κ2) is 6.61. The Morgan fingerprint density at radius 2 is 2.13 bits per heavy atom. The van der Waals surface area contributed by atoms with Gasteiger partial charge in [-0.05, 0) is 12.1 Å². The van der Waals surface area contributed by atoms with Crippen LogP contribution >= 0.6 is 0 Å². The molecule has 118 valence electrons. The molecule has 1 aliphatic rings. The lowest BCUT2D eigenvalue weighted by Crippen LogP contribution is -2.28. The van der Waals surface area contributed by atoms with Crippen molar-refractivity contribution in [2.45, 2.75) is 37.9 Å². The molecule has 0 unspecified atom stereocenters. The molecule has 0 bridgehead atoms. The average Bonchev–Trinajstić information content (AvgIpc) is 3.24. The Balaban J connectivity index is 1.41. The first-order valence-corrected chi connectivity index (χ1v) is 7.76. The van der Waals surface area contributed by atoms with Crippen molar-refractivity contribution in [3.05, 3.63) is 30.6 Å². The maximum atomic E-state index is 11.9. The summed E-state index contributed by atoms with van der Waals surface area (Å²) >= 11 is 0. The van der Waals surface area contributed by atoms with E-state index in [0.717, 1.165) is 17.5 Å². The highest BCUT2D eigenvalue weighted by Crippen LogP contribution is 2.37. The normalized spacial score (nSPS) is 14.6. The van der Waals surface area contributed by atoms with Crippen LogP contribution in [0.3, 0.4) is 0 Å². The number of amides is 1. The van der Waals surface area contributed by atoms with Crippen LogP contribution in [-0.2, 0) is 11.3 Å². The summed E-state index contributed by atoms with van der Waals surface area (Å²) in [7, 11) is 0. The van der Waals surface area contributed by atoms with E-state index < -0.39 is 0 Å². The first kappa shape index (κ1) is 15.2. The van der Waals surface area contributed by atoms with Gasteiger partial charge < -0.3 is 9.88 Å². The monoisotopic (exact) mass is 309 g/mol. The van der Waals surface area contributed by atoms with Gasteiger partial charge in [-0.3, -0.25) is 4.79 Å². The van der Waals surface area contributed by atoms with Crippen molar-refractivity contribution in [1.29, 1.82) is 0 Å². The summed E-state index contributed by atoms with van der Waals surface area (Å²) in [5, 5.41) is 11.0. The number of fused-ring (bicyclic) bond motifs is 1. The molecule has 3 rings (SSSR count). The van der Waals surface area contributed by atoms with E-state index in [1.165, 1.54) is 0 Å². The van der Waals surface area contributed by atoms with Crippen molar-refractivity contribution in [1.82, 2.24) is 14.9 Å². The predicted octanol–water partition coefficient (Wildman–Crippen LogP) is 2.51. The fourth-order valence-electron chi connectivity index (χ4n) is 2.57. The molecule has 0 aliphatic carbocycles. The van der Waals surface area contributed by atoms with Gasteiger partial charge in [-0.2, -0.15) is 10.2 Å². The summed E-state index contributed by atoms with van der Waals surface area (Å²) in [6.45, 7) is 1.27. The minimum absolute atomic E-state index is 0.0202. The number of para-hydroxylation sites is 2. The summed E-state index contributed by atoms with van der Waals surface area (Å²) in [6.07, 6.45) is 9.48. The Morgan fingerprint density at radius 3 is 2.91 bits per heavy atom.